The van der Waals surface area contributed by atoms with Crippen LogP contribution in [0.5, 0.6) is 0 Å². The van der Waals surface area contributed by atoms with Gasteiger partial charge in [-0.3, -0.25) is 4.57 Å². The Balaban J connectivity index is 0.000000753. The van der Waals surface area contributed by atoms with E-state index < -0.39 is 0 Å². The molecular weight excluding hydrogens is 280 g/mol. The molecule has 0 radical (unpaired) electrons. The summed E-state index contributed by atoms with van der Waals surface area (Å²) in [6, 6.07) is 27.1. The number of aromatic nitrogens is 2. The average Bonchev–Trinajstić information content (AvgIpc) is 3.08. The second-order valence-corrected chi connectivity index (χ2v) is 5.02. The smallest absolute Gasteiger partial charge is 0.100 e. The Labute approximate surface area is 137 Å². The van der Waals surface area contributed by atoms with E-state index in [1.807, 2.05) is 44.4 Å². The van der Waals surface area contributed by atoms with Crippen LogP contribution in [0.1, 0.15) is 13.8 Å². The summed E-state index contributed by atoms with van der Waals surface area (Å²) in [4.78, 5) is 4.54. The van der Waals surface area contributed by atoms with Crippen LogP contribution in [0.25, 0.3) is 27.8 Å². The molecule has 23 heavy (non-hydrogen) atoms. The van der Waals surface area contributed by atoms with Crippen LogP contribution in [0.2, 0.25) is 0 Å². The Morgan fingerprint density at radius 1 is 0.696 bits per heavy atom. The fraction of sp³-hybridized carbons (Fsp3) is 0.0952. The van der Waals surface area contributed by atoms with Crippen LogP contribution < -0.4 is 0 Å². The third kappa shape index (κ3) is 3.02. The summed E-state index contributed by atoms with van der Waals surface area (Å²) in [6.07, 6.45) is 1.88. The number of imidazole rings is 1. The maximum atomic E-state index is 4.54. The molecule has 4 aromatic rings. The van der Waals surface area contributed by atoms with Crippen LogP contribution in [0.4, 0.5) is 0 Å². The van der Waals surface area contributed by atoms with Crippen LogP contribution >= 0.6 is 0 Å². The maximum absolute atomic E-state index is 4.54. The SMILES string of the molecule is CC.c1ccc(-c2ccc3c(c2)ncn3-c2ccccc2)cc1. The van der Waals surface area contributed by atoms with Gasteiger partial charge in [0.25, 0.3) is 0 Å². The van der Waals surface area contributed by atoms with Gasteiger partial charge in [0.1, 0.15) is 6.33 Å². The normalized spacial score (nSPS) is 10.2. The monoisotopic (exact) mass is 300 g/mol. The molecule has 114 valence electrons. The molecule has 0 spiro atoms. The van der Waals surface area contributed by atoms with Crippen molar-refractivity contribution in [3.63, 3.8) is 0 Å². The number of rotatable bonds is 2. The average molecular weight is 300 g/mol. The molecule has 3 aromatic carbocycles. The zero-order valence-electron chi connectivity index (χ0n) is 13.5. The molecule has 0 unspecified atom stereocenters. The van der Waals surface area contributed by atoms with E-state index >= 15 is 0 Å². The van der Waals surface area contributed by atoms with Gasteiger partial charge in [0, 0.05) is 5.69 Å². The zero-order valence-corrected chi connectivity index (χ0v) is 13.5. The Morgan fingerprint density at radius 3 is 2.04 bits per heavy atom. The van der Waals surface area contributed by atoms with E-state index in [9.17, 15) is 0 Å². The third-order valence-electron chi connectivity index (χ3n) is 3.69. The molecule has 2 nitrogen and oxygen atoms in total. The first-order valence-corrected chi connectivity index (χ1v) is 8.00. The molecule has 0 N–H and O–H groups in total. The Kier molecular flexibility index (Phi) is 4.53. The van der Waals surface area contributed by atoms with E-state index in [0.717, 1.165) is 16.7 Å². The molecule has 1 aromatic heterocycles. The highest BCUT2D eigenvalue weighted by Crippen LogP contribution is 2.25. The topological polar surface area (TPSA) is 17.8 Å². The van der Waals surface area contributed by atoms with Gasteiger partial charge in [-0.1, -0.05) is 68.4 Å². The number of hydrogen-bond donors (Lipinski definition) is 0. The molecule has 0 amide bonds. The highest BCUT2D eigenvalue weighted by molar-refractivity contribution is 5.83. The summed E-state index contributed by atoms with van der Waals surface area (Å²) in [6.45, 7) is 4.00. The largest absolute Gasteiger partial charge is 0.299 e. The van der Waals surface area contributed by atoms with Crippen molar-refractivity contribution < 1.29 is 0 Å². The molecule has 0 aliphatic rings. The van der Waals surface area contributed by atoms with Crippen LogP contribution in [-0.2, 0) is 0 Å². The lowest BCUT2D eigenvalue weighted by Gasteiger charge is -2.05. The molecule has 0 fully saturated rings. The Bertz CT molecular complexity index is 878. The number of para-hydroxylation sites is 1. The van der Waals surface area contributed by atoms with Crippen molar-refractivity contribution in [1.29, 1.82) is 0 Å². The van der Waals surface area contributed by atoms with Gasteiger partial charge in [0.15, 0.2) is 0 Å². The summed E-state index contributed by atoms with van der Waals surface area (Å²) in [5.41, 5.74) is 5.68. The minimum Gasteiger partial charge on any atom is -0.299 e. The van der Waals surface area contributed by atoms with Crippen molar-refractivity contribution in [3.8, 4) is 16.8 Å². The second kappa shape index (κ2) is 6.93. The zero-order chi connectivity index (χ0) is 16.1. The summed E-state index contributed by atoms with van der Waals surface area (Å²) in [5, 5.41) is 0. The van der Waals surface area contributed by atoms with Crippen molar-refractivity contribution >= 4 is 11.0 Å². The van der Waals surface area contributed by atoms with Gasteiger partial charge in [-0.15, -0.1) is 0 Å². The van der Waals surface area contributed by atoms with E-state index in [2.05, 4.69) is 64.1 Å². The van der Waals surface area contributed by atoms with E-state index in [0.29, 0.717) is 0 Å². The first-order valence-electron chi connectivity index (χ1n) is 8.00. The fourth-order valence-corrected chi connectivity index (χ4v) is 2.62. The predicted molar refractivity (Wildman–Crippen MR) is 97.9 cm³/mol. The van der Waals surface area contributed by atoms with Gasteiger partial charge in [-0.2, -0.15) is 0 Å². The summed E-state index contributed by atoms with van der Waals surface area (Å²) >= 11 is 0. The lowest BCUT2D eigenvalue weighted by atomic mass is 10.1. The van der Waals surface area contributed by atoms with Gasteiger partial charge in [0.2, 0.25) is 0 Å². The Morgan fingerprint density at radius 2 is 1.35 bits per heavy atom. The molecule has 0 bridgehead atoms. The molecule has 0 saturated carbocycles. The molecule has 0 atom stereocenters. The molecule has 0 aliphatic heterocycles. The molecule has 2 heteroatoms. The minimum atomic E-state index is 1.01. The Hall–Kier alpha value is -2.87. The van der Waals surface area contributed by atoms with Gasteiger partial charge in [0.05, 0.1) is 11.0 Å². The lowest BCUT2D eigenvalue weighted by molar-refractivity contribution is 1.09. The molecule has 0 aliphatic carbocycles. The van der Waals surface area contributed by atoms with Gasteiger partial charge in [-0.25, -0.2) is 4.98 Å². The summed E-state index contributed by atoms with van der Waals surface area (Å²) < 4.78 is 2.12. The van der Waals surface area contributed by atoms with Gasteiger partial charge >= 0.3 is 0 Å². The molecule has 4 rings (SSSR count). The van der Waals surface area contributed by atoms with Crippen molar-refractivity contribution in [2.45, 2.75) is 13.8 Å². The van der Waals surface area contributed by atoms with E-state index in [1.165, 1.54) is 11.1 Å². The molecular formula is C21H20N2. The van der Waals surface area contributed by atoms with Crippen molar-refractivity contribution in [2.24, 2.45) is 0 Å². The van der Waals surface area contributed by atoms with E-state index in [-0.39, 0.29) is 0 Å². The quantitative estimate of drug-likeness (QED) is 0.463. The number of hydrogen-bond acceptors (Lipinski definition) is 1. The van der Waals surface area contributed by atoms with Crippen molar-refractivity contribution in [3.05, 3.63) is 85.2 Å². The van der Waals surface area contributed by atoms with Crippen LogP contribution in [0, 0.1) is 0 Å². The van der Waals surface area contributed by atoms with E-state index in [1.54, 1.807) is 0 Å². The number of nitrogens with zero attached hydrogens (tertiary/aromatic N) is 2. The fourth-order valence-electron chi connectivity index (χ4n) is 2.62. The number of fused-ring (bicyclic) bond motifs is 1. The highest BCUT2D eigenvalue weighted by Gasteiger charge is 2.06. The first-order chi connectivity index (χ1) is 11.4. The summed E-state index contributed by atoms with van der Waals surface area (Å²) in [7, 11) is 0. The minimum absolute atomic E-state index is 1.01. The standard InChI is InChI=1S/C19H14N2.C2H6/c1-3-7-15(8-4-1)16-11-12-19-18(13-16)20-14-21(19)17-9-5-2-6-10-17;1-2/h1-14H;1-2H3. The maximum Gasteiger partial charge on any atom is 0.100 e. The lowest BCUT2D eigenvalue weighted by Crippen LogP contribution is -1.90. The molecule has 0 saturated heterocycles. The van der Waals surface area contributed by atoms with Gasteiger partial charge in [-0.05, 0) is 35.4 Å². The number of benzene rings is 3. The van der Waals surface area contributed by atoms with Crippen LogP contribution in [-0.4, -0.2) is 9.55 Å². The molecule has 1 heterocycles. The summed E-state index contributed by atoms with van der Waals surface area (Å²) in [5.74, 6) is 0. The van der Waals surface area contributed by atoms with Gasteiger partial charge < -0.3 is 0 Å². The van der Waals surface area contributed by atoms with Crippen LogP contribution in [0.3, 0.4) is 0 Å². The van der Waals surface area contributed by atoms with Crippen molar-refractivity contribution in [1.82, 2.24) is 9.55 Å². The predicted octanol–water partition coefficient (Wildman–Crippen LogP) is 5.72. The first kappa shape index (κ1) is 15.0. The van der Waals surface area contributed by atoms with Crippen molar-refractivity contribution in [2.75, 3.05) is 0 Å². The highest BCUT2D eigenvalue weighted by atomic mass is 15.0. The second-order valence-electron chi connectivity index (χ2n) is 5.02. The van der Waals surface area contributed by atoms with Crippen LogP contribution in [0.15, 0.2) is 85.2 Å². The van der Waals surface area contributed by atoms with E-state index in [4.69, 9.17) is 0 Å². The third-order valence-corrected chi connectivity index (χ3v) is 3.69.